The van der Waals surface area contributed by atoms with Gasteiger partial charge in [-0.15, -0.1) is 11.6 Å². The summed E-state index contributed by atoms with van der Waals surface area (Å²) in [6, 6.07) is 0. The first-order valence-corrected chi connectivity index (χ1v) is 5.55. The van der Waals surface area contributed by atoms with Gasteiger partial charge in [0.05, 0.1) is 6.61 Å². The Morgan fingerprint density at radius 1 is 1.64 bits per heavy atom. The summed E-state index contributed by atoms with van der Waals surface area (Å²) in [7, 11) is 0. The summed E-state index contributed by atoms with van der Waals surface area (Å²) >= 11 is 5.63. The molecule has 0 spiro atoms. The number of carbonyl (C=O) groups is 1. The number of nitrogens with zero attached hydrogens (tertiary/aromatic N) is 1. The van der Waals surface area contributed by atoms with Gasteiger partial charge in [0.2, 0.25) is 0 Å². The fourth-order valence-corrected chi connectivity index (χ4v) is 1.76. The lowest BCUT2D eigenvalue weighted by atomic mass is 9.99. The van der Waals surface area contributed by atoms with Crippen LogP contribution in [0.3, 0.4) is 0 Å². The van der Waals surface area contributed by atoms with E-state index in [1.807, 2.05) is 6.92 Å². The highest BCUT2D eigenvalue weighted by Crippen LogP contribution is 2.18. The first-order chi connectivity index (χ1) is 6.58. The smallest absolute Gasteiger partial charge is 0.162 e. The average Bonchev–Trinajstić information content (AvgIpc) is 2.15. The predicted octanol–water partition coefficient (Wildman–Crippen LogP) is 1.30. The third kappa shape index (κ3) is 2.94. The molecule has 1 rings (SSSR count). The Hall–Kier alpha value is -0.120. The van der Waals surface area contributed by atoms with Crippen molar-refractivity contribution < 1.29 is 9.53 Å². The molecule has 0 aromatic heterocycles. The standard InChI is InChI=1S/C10H18ClNO2/c1-9(13)10(2)8-12(5-3-4-11)6-7-14-10/h3-8H2,1-2H3/t10-/m0/s1. The quantitative estimate of drug-likeness (QED) is 0.668. The molecule has 0 N–H and O–H groups in total. The van der Waals surface area contributed by atoms with E-state index in [1.165, 1.54) is 0 Å². The second kappa shape index (κ2) is 5.10. The normalized spacial score (nSPS) is 29.1. The SMILES string of the molecule is CC(=O)[C@]1(C)CN(CCCCl)CCO1. The second-order valence-electron chi connectivity index (χ2n) is 3.95. The molecule has 14 heavy (non-hydrogen) atoms. The zero-order valence-corrected chi connectivity index (χ0v) is 9.64. The first-order valence-electron chi connectivity index (χ1n) is 5.02. The summed E-state index contributed by atoms with van der Waals surface area (Å²) in [6.45, 7) is 6.64. The molecule has 1 atom stereocenters. The molecule has 3 nitrogen and oxygen atoms in total. The third-order valence-electron chi connectivity index (χ3n) is 2.71. The van der Waals surface area contributed by atoms with Crippen LogP contribution in [0, 0.1) is 0 Å². The number of Topliss-reactive ketones (excluding diaryl/α,β-unsaturated/α-hetero) is 1. The number of hydrogen-bond acceptors (Lipinski definition) is 3. The first kappa shape index (κ1) is 12.0. The third-order valence-corrected chi connectivity index (χ3v) is 2.97. The number of ether oxygens (including phenoxy) is 1. The summed E-state index contributed by atoms with van der Waals surface area (Å²) in [5, 5.41) is 0. The maximum atomic E-state index is 11.4. The highest BCUT2D eigenvalue weighted by atomic mass is 35.5. The Bertz CT molecular complexity index is 210. The molecular weight excluding hydrogens is 202 g/mol. The van der Waals surface area contributed by atoms with E-state index < -0.39 is 5.60 Å². The van der Waals surface area contributed by atoms with Gasteiger partial charge in [-0.25, -0.2) is 0 Å². The lowest BCUT2D eigenvalue weighted by Gasteiger charge is -2.38. The molecule has 0 saturated carbocycles. The Morgan fingerprint density at radius 3 is 2.93 bits per heavy atom. The van der Waals surface area contributed by atoms with Crippen molar-refractivity contribution in [1.82, 2.24) is 4.90 Å². The topological polar surface area (TPSA) is 29.5 Å². The Morgan fingerprint density at radius 2 is 2.36 bits per heavy atom. The molecule has 0 aromatic carbocycles. The maximum absolute atomic E-state index is 11.4. The van der Waals surface area contributed by atoms with Crippen LogP contribution in [0.1, 0.15) is 20.3 Å². The van der Waals surface area contributed by atoms with Crippen molar-refractivity contribution >= 4 is 17.4 Å². The van der Waals surface area contributed by atoms with Gasteiger partial charge in [-0.3, -0.25) is 9.69 Å². The number of rotatable bonds is 4. The van der Waals surface area contributed by atoms with Gasteiger partial charge in [-0.2, -0.15) is 0 Å². The molecule has 0 unspecified atom stereocenters. The molecule has 1 saturated heterocycles. The average molecular weight is 220 g/mol. The summed E-state index contributed by atoms with van der Waals surface area (Å²) in [4.78, 5) is 13.6. The molecule has 1 aliphatic rings. The molecular formula is C10H18ClNO2. The van der Waals surface area contributed by atoms with Gasteiger partial charge >= 0.3 is 0 Å². The number of hydrogen-bond donors (Lipinski definition) is 0. The van der Waals surface area contributed by atoms with Crippen LogP contribution in [-0.2, 0) is 9.53 Å². The van der Waals surface area contributed by atoms with Gasteiger partial charge in [0.1, 0.15) is 5.60 Å². The largest absolute Gasteiger partial charge is 0.365 e. The van der Waals surface area contributed by atoms with E-state index in [0.29, 0.717) is 19.0 Å². The lowest BCUT2D eigenvalue weighted by molar-refractivity contribution is -0.151. The van der Waals surface area contributed by atoms with Crippen LogP contribution in [-0.4, -0.2) is 48.4 Å². The Labute approximate surface area is 90.4 Å². The fourth-order valence-electron chi connectivity index (χ4n) is 1.64. The van der Waals surface area contributed by atoms with Crippen molar-refractivity contribution in [2.75, 3.05) is 32.1 Å². The van der Waals surface area contributed by atoms with Gasteiger partial charge in [-0.1, -0.05) is 0 Å². The Balaban J connectivity index is 2.46. The second-order valence-corrected chi connectivity index (χ2v) is 4.33. The van der Waals surface area contributed by atoms with Crippen LogP contribution in [0.5, 0.6) is 0 Å². The molecule has 1 heterocycles. The minimum atomic E-state index is -0.607. The molecule has 0 bridgehead atoms. The predicted molar refractivity (Wildman–Crippen MR) is 56.8 cm³/mol. The van der Waals surface area contributed by atoms with E-state index in [4.69, 9.17) is 16.3 Å². The van der Waals surface area contributed by atoms with Crippen LogP contribution in [0.25, 0.3) is 0 Å². The zero-order valence-electron chi connectivity index (χ0n) is 8.88. The van der Waals surface area contributed by atoms with Gasteiger partial charge in [0, 0.05) is 19.0 Å². The van der Waals surface area contributed by atoms with Gasteiger partial charge in [0.15, 0.2) is 5.78 Å². The van der Waals surface area contributed by atoms with Crippen LogP contribution < -0.4 is 0 Å². The van der Waals surface area contributed by atoms with Gasteiger partial charge in [0.25, 0.3) is 0 Å². The van der Waals surface area contributed by atoms with Crippen molar-refractivity contribution in [1.29, 1.82) is 0 Å². The molecule has 0 aromatic rings. The van der Waals surface area contributed by atoms with Gasteiger partial charge in [-0.05, 0) is 26.8 Å². The van der Waals surface area contributed by atoms with Crippen LogP contribution in [0.4, 0.5) is 0 Å². The van der Waals surface area contributed by atoms with Crippen molar-refractivity contribution in [2.24, 2.45) is 0 Å². The summed E-state index contributed by atoms with van der Waals surface area (Å²) < 4.78 is 5.51. The summed E-state index contributed by atoms with van der Waals surface area (Å²) in [5.74, 6) is 0.779. The van der Waals surface area contributed by atoms with E-state index >= 15 is 0 Å². The van der Waals surface area contributed by atoms with Crippen LogP contribution >= 0.6 is 11.6 Å². The molecule has 1 aliphatic heterocycles. The lowest BCUT2D eigenvalue weighted by Crippen LogP contribution is -2.54. The van der Waals surface area contributed by atoms with E-state index in [9.17, 15) is 4.79 Å². The summed E-state index contributed by atoms with van der Waals surface area (Å²) in [5.41, 5.74) is -0.607. The number of carbonyl (C=O) groups excluding carboxylic acids is 1. The molecule has 82 valence electrons. The van der Waals surface area contributed by atoms with Crippen LogP contribution in [0.15, 0.2) is 0 Å². The number of ketones is 1. The van der Waals surface area contributed by atoms with E-state index in [-0.39, 0.29) is 5.78 Å². The van der Waals surface area contributed by atoms with Crippen LogP contribution in [0.2, 0.25) is 0 Å². The minimum Gasteiger partial charge on any atom is -0.365 e. The monoisotopic (exact) mass is 219 g/mol. The van der Waals surface area contributed by atoms with Gasteiger partial charge < -0.3 is 4.74 Å². The minimum absolute atomic E-state index is 0.105. The number of alkyl halides is 1. The Kier molecular flexibility index (Phi) is 4.35. The van der Waals surface area contributed by atoms with Crippen molar-refractivity contribution in [3.8, 4) is 0 Å². The van der Waals surface area contributed by atoms with Crippen molar-refractivity contribution in [3.05, 3.63) is 0 Å². The molecule has 0 radical (unpaired) electrons. The maximum Gasteiger partial charge on any atom is 0.162 e. The molecule has 1 fully saturated rings. The van der Waals surface area contributed by atoms with Crippen molar-refractivity contribution in [3.63, 3.8) is 0 Å². The molecule has 0 amide bonds. The highest BCUT2D eigenvalue weighted by Gasteiger charge is 2.35. The molecule has 4 heteroatoms. The molecule has 0 aliphatic carbocycles. The summed E-state index contributed by atoms with van der Waals surface area (Å²) in [6.07, 6.45) is 0.968. The highest BCUT2D eigenvalue weighted by molar-refractivity contribution is 6.17. The number of halogens is 1. The number of morpholine rings is 1. The van der Waals surface area contributed by atoms with Crippen molar-refractivity contribution in [2.45, 2.75) is 25.9 Å². The van der Waals surface area contributed by atoms with E-state index in [0.717, 1.165) is 19.5 Å². The van der Waals surface area contributed by atoms with E-state index in [1.54, 1.807) is 6.92 Å². The van der Waals surface area contributed by atoms with E-state index in [2.05, 4.69) is 4.90 Å². The zero-order chi connectivity index (χ0) is 10.6. The fraction of sp³-hybridized carbons (Fsp3) is 0.900.